The molecular weight excluding hydrogens is 472 g/mol. The van der Waals surface area contributed by atoms with Crippen LogP contribution in [0.25, 0.3) is 11.0 Å². The van der Waals surface area contributed by atoms with Crippen molar-refractivity contribution in [3.8, 4) is 6.07 Å². The highest BCUT2D eigenvalue weighted by Gasteiger charge is 2.38. The van der Waals surface area contributed by atoms with Gasteiger partial charge in [0.1, 0.15) is 23.0 Å². The Hall–Kier alpha value is -3.41. The molecule has 1 aromatic carbocycles. The van der Waals surface area contributed by atoms with Crippen LogP contribution in [0.2, 0.25) is 0 Å². The molecule has 37 heavy (non-hydrogen) atoms. The fraction of sp³-hybridized carbons (Fsp3) is 0.607. The van der Waals surface area contributed by atoms with Gasteiger partial charge in [-0.3, -0.25) is 9.59 Å². The van der Waals surface area contributed by atoms with Crippen LogP contribution in [0.4, 0.5) is 5.82 Å². The Balaban J connectivity index is 1.65. The van der Waals surface area contributed by atoms with E-state index in [-0.39, 0.29) is 23.7 Å². The molecule has 198 valence electrons. The van der Waals surface area contributed by atoms with E-state index in [1.807, 2.05) is 0 Å². The van der Waals surface area contributed by atoms with Gasteiger partial charge in [-0.15, -0.1) is 0 Å². The van der Waals surface area contributed by atoms with Crippen LogP contribution in [0.15, 0.2) is 27.4 Å². The standard InChI is InChI=1S/C28H36N4O5/c1-27(2)13-9-18(10-14-27)15-21(25(34)32-28(17-29)11-4-5-12-28)30-24-20-8-6-7-19(16-22(33)36-3)23(20)37-26(35)31-24/h6-8,18,21H,4-5,9-16H2,1-3H3,(H,32,34)(H,30,31,35). The number of carbonyl (C=O) groups excluding carboxylic acids is 2. The van der Waals surface area contributed by atoms with Gasteiger partial charge < -0.3 is 19.8 Å². The monoisotopic (exact) mass is 508 g/mol. The van der Waals surface area contributed by atoms with Gasteiger partial charge >= 0.3 is 11.7 Å². The predicted octanol–water partition coefficient (Wildman–Crippen LogP) is 4.24. The number of hydrogen-bond acceptors (Lipinski definition) is 8. The van der Waals surface area contributed by atoms with E-state index in [1.165, 1.54) is 7.11 Å². The number of carbonyl (C=O) groups is 2. The Morgan fingerprint density at radius 1 is 1.22 bits per heavy atom. The van der Waals surface area contributed by atoms with Crippen LogP contribution in [0.3, 0.4) is 0 Å². The molecule has 1 amide bonds. The minimum Gasteiger partial charge on any atom is -0.469 e. The second-order valence-corrected chi connectivity index (χ2v) is 11.3. The summed E-state index contributed by atoms with van der Waals surface area (Å²) in [6.07, 6.45) is 7.76. The lowest BCUT2D eigenvalue weighted by molar-refractivity contribution is -0.139. The highest BCUT2D eigenvalue weighted by Crippen LogP contribution is 2.40. The molecule has 0 aliphatic heterocycles. The average Bonchev–Trinajstić information content (AvgIpc) is 3.34. The molecule has 2 aromatic rings. The van der Waals surface area contributed by atoms with Gasteiger partial charge in [-0.2, -0.15) is 10.2 Å². The summed E-state index contributed by atoms with van der Waals surface area (Å²) in [6, 6.07) is 6.82. The summed E-state index contributed by atoms with van der Waals surface area (Å²) in [5, 5.41) is 16.6. The summed E-state index contributed by atoms with van der Waals surface area (Å²) >= 11 is 0. The molecule has 2 aliphatic rings. The van der Waals surface area contributed by atoms with Crippen LogP contribution in [-0.2, 0) is 20.7 Å². The number of amides is 1. The number of methoxy groups -OCH3 is 1. The minimum absolute atomic E-state index is 0.0628. The largest absolute Gasteiger partial charge is 0.469 e. The zero-order valence-electron chi connectivity index (χ0n) is 21.9. The maximum absolute atomic E-state index is 13.6. The number of hydrogen-bond donors (Lipinski definition) is 2. The Morgan fingerprint density at radius 2 is 1.92 bits per heavy atom. The third kappa shape index (κ3) is 6.30. The lowest BCUT2D eigenvalue weighted by Gasteiger charge is -2.36. The molecule has 0 bridgehead atoms. The first kappa shape index (κ1) is 26.6. The van der Waals surface area contributed by atoms with Crippen molar-refractivity contribution in [3.63, 3.8) is 0 Å². The summed E-state index contributed by atoms with van der Waals surface area (Å²) in [5.74, 6) is -0.986. The Kier molecular flexibility index (Phi) is 7.86. The first-order valence-electron chi connectivity index (χ1n) is 13.1. The number of ether oxygens (including phenoxy) is 1. The second kappa shape index (κ2) is 10.9. The third-order valence-corrected chi connectivity index (χ3v) is 8.00. The number of para-hydroxylation sites is 1. The van der Waals surface area contributed by atoms with Crippen LogP contribution in [0.5, 0.6) is 0 Å². The van der Waals surface area contributed by atoms with Crippen molar-refractivity contribution < 1.29 is 18.7 Å². The van der Waals surface area contributed by atoms with Gasteiger partial charge in [0.25, 0.3) is 0 Å². The predicted molar refractivity (Wildman–Crippen MR) is 139 cm³/mol. The number of fused-ring (bicyclic) bond motifs is 1. The van der Waals surface area contributed by atoms with E-state index in [1.54, 1.807) is 18.2 Å². The number of rotatable bonds is 8. The zero-order chi connectivity index (χ0) is 26.6. The molecule has 9 heteroatoms. The van der Waals surface area contributed by atoms with E-state index in [0.29, 0.717) is 41.5 Å². The van der Waals surface area contributed by atoms with Gasteiger partial charge in [0.2, 0.25) is 5.91 Å². The van der Waals surface area contributed by atoms with Crippen LogP contribution < -0.4 is 16.4 Å². The quantitative estimate of drug-likeness (QED) is 0.506. The molecule has 2 N–H and O–H groups in total. The van der Waals surface area contributed by atoms with E-state index in [4.69, 9.17) is 9.15 Å². The molecule has 2 saturated carbocycles. The molecule has 9 nitrogen and oxygen atoms in total. The maximum Gasteiger partial charge on any atom is 0.441 e. The molecule has 0 saturated heterocycles. The third-order valence-electron chi connectivity index (χ3n) is 8.00. The highest BCUT2D eigenvalue weighted by atomic mass is 16.5. The van der Waals surface area contributed by atoms with Gasteiger partial charge in [-0.05, 0) is 75.2 Å². The van der Waals surface area contributed by atoms with Crippen molar-refractivity contribution in [1.82, 2.24) is 10.3 Å². The van der Waals surface area contributed by atoms with E-state index in [9.17, 15) is 19.6 Å². The Morgan fingerprint density at radius 3 is 2.57 bits per heavy atom. The van der Waals surface area contributed by atoms with Crippen molar-refractivity contribution in [2.75, 3.05) is 12.4 Å². The lowest BCUT2D eigenvalue weighted by atomic mass is 9.71. The number of nitrogens with one attached hydrogen (secondary N) is 2. The fourth-order valence-electron chi connectivity index (χ4n) is 5.62. The molecule has 2 fully saturated rings. The molecule has 0 spiro atoms. The van der Waals surface area contributed by atoms with E-state index < -0.39 is 23.3 Å². The highest BCUT2D eigenvalue weighted by molar-refractivity contribution is 5.94. The summed E-state index contributed by atoms with van der Waals surface area (Å²) in [4.78, 5) is 42.0. The van der Waals surface area contributed by atoms with E-state index in [2.05, 4.69) is 35.5 Å². The molecule has 1 atom stereocenters. The van der Waals surface area contributed by atoms with Gasteiger partial charge in [0, 0.05) is 5.56 Å². The first-order chi connectivity index (χ1) is 17.6. The van der Waals surface area contributed by atoms with Crippen molar-refractivity contribution in [3.05, 3.63) is 34.3 Å². The van der Waals surface area contributed by atoms with Crippen LogP contribution >= 0.6 is 0 Å². The normalized spacial score (nSPS) is 19.6. The molecule has 1 heterocycles. The summed E-state index contributed by atoms with van der Waals surface area (Å²) in [6.45, 7) is 4.54. The van der Waals surface area contributed by atoms with Crippen molar-refractivity contribution in [1.29, 1.82) is 5.26 Å². The number of nitriles is 1. The number of benzene rings is 1. The zero-order valence-corrected chi connectivity index (χ0v) is 21.9. The van der Waals surface area contributed by atoms with E-state index >= 15 is 0 Å². The number of aromatic nitrogens is 1. The van der Waals surface area contributed by atoms with Gasteiger partial charge in [-0.25, -0.2) is 4.79 Å². The molecule has 1 aromatic heterocycles. The summed E-state index contributed by atoms with van der Waals surface area (Å²) in [5.41, 5.74) is 0.169. The smallest absolute Gasteiger partial charge is 0.441 e. The molecule has 2 aliphatic carbocycles. The number of nitrogens with zero attached hydrogens (tertiary/aromatic N) is 2. The lowest BCUT2D eigenvalue weighted by Crippen LogP contribution is -2.51. The van der Waals surface area contributed by atoms with E-state index in [0.717, 1.165) is 38.5 Å². The average molecular weight is 509 g/mol. The van der Waals surface area contributed by atoms with Crippen LogP contribution in [0, 0.1) is 22.7 Å². The Labute approximate surface area is 217 Å². The van der Waals surface area contributed by atoms with Gasteiger partial charge in [0.05, 0.1) is 25.0 Å². The van der Waals surface area contributed by atoms with Crippen LogP contribution in [0.1, 0.15) is 77.2 Å². The molecule has 0 radical (unpaired) electrons. The summed E-state index contributed by atoms with van der Waals surface area (Å²) < 4.78 is 10.1. The van der Waals surface area contributed by atoms with Crippen molar-refractivity contribution >= 4 is 28.7 Å². The molecular formula is C28H36N4O5. The molecule has 1 unspecified atom stereocenters. The number of anilines is 1. The summed E-state index contributed by atoms with van der Waals surface area (Å²) in [7, 11) is 1.30. The van der Waals surface area contributed by atoms with Crippen molar-refractivity contribution in [2.45, 2.75) is 89.6 Å². The van der Waals surface area contributed by atoms with Crippen molar-refractivity contribution in [2.24, 2.45) is 11.3 Å². The Bertz CT molecular complexity index is 1250. The van der Waals surface area contributed by atoms with Gasteiger partial charge in [-0.1, -0.05) is 26.0 Å². The molecule has 4 rings (SSSR count). The maximum atomic E-state index is 13.6. The SMILES string of the molecule is COC(=O)Cc1cccc2c(NC(CC3CCC(C)(C)CC3)C(=O)NC3(C#N)CCCC3)nc(=O)oc12. The minimum atomic E-state index is -0.857. The first-order valence-corrected chi connectivity index (χ1v) is 13.1. The topological polar surface area (TPSA) is 134 Å². The number of esters is 1. The fourth-order valence-corrected chi connectivity index (χ4v) is 5.62. The van der Waals surface area contributed by atoms with Gasteiger partial charge in [0.15, 0.2) is 0 Å². The second-order valence-electron chi connectivity index (χ2n) is 11.3. The van der Waals surface area contributed by atoms with Crippen LogP contribution in [-0.4, -0.2) is 35.6 Å².